The van der Waals surface area contributed by atoms with Gasteiger partial charge >= 0.3 is 5.97 Å². The molecule has 1 aromatic carbocycles. The highest BCUT2D eigenvalue weighted by molar-refractivity contribution is 5.75. The van der Waals surface area contributed by atoms with E-state index >= 15 is 0 Å². The third-order valence-corrected chi connectivity index (χ3v) is 4.78. The lowest BCUT2D eigenvalue weighted by Crippen LogP contribution is -2.50. The second-order valence-electron chi connectivity index (χ2n) is 6.20. The normalized spacial score (nSPS) is 24.7. The van der Waals surface area contributed by atoms with Crippen LogP contribution in [0.5, 0.6) is 0 Å². The molecule has 1 N–H and O–H groups in total. The predicted molar refractivity (Wildman–Crippen MR) is 80.7 cm³/mol. The zero-order valence-corrected chi connectivity index (χ0v) is 12.8. The SMILES string of the molecule is CCC1(C(=O)O)CCCN(C(C)Cc2cccc(F)c2)C1. The summed E-state index contributed by atoms with van der Waals surface area (Å²) in [7, 11) is 0. The van der Waals surface area contributed by atoms with Gasteiger partial charge in [0.1, 0.15) is 5.82 Å². The minimum Gasteiger partial charge on any atom is -0.481 e. The molecule has 0 bridgehead atoms. The number of likely N-dealkylation sites (tertiary alicyclic amines) is 1. The van der Waals surface area contributed by atoms with Crippen molar-refractivity contribution in [2.24, 2.45) is 5.41 Å². The Bertz CT molecular complexity index is 505. The van der Waals surface area contributed by atoms with Crippen LogP contribution in [0.2, 0.25) is 0 Å². The molecular formula is C17H24FNO2. The molecule has 0 aliphatic carbocycles. The van der Waals surface area contributed by atoms with Gasteiger partial charge < -0.3 is 5.11 Å². The summed E-state index contributed by atoms with van der Waals surface area (Å²) in [5.41, 5.74) is 0.347. The summed E-state index contributed by atoms with van der Waals surface area (Å²) < 4.78 is 13.3. The van der Waals surface area contributed by atoms with E-state index in [0.717, 1.165) is 31.4 Å². The fourth-order valence-electron chi connectivity index (χ4n) is 3.29. The molecule has 21 heavy (non-hydrogen) atoms. The Morgan fingerprint density at radius 1 is 1.52 bits per heavy atom. The van der Waals surface area contributed by atoms with Gasteiger partial charge in [-0.3, -0.25) is 9.69 Å². The third kappa shape index (κ3) is 3.62. The quantitative estimate of drug-likeness (QED) is 0.905. The Balaban J connectivity index is 2.05. The predicted octanol–water partition coefficient (Wildman–Crippen LogP) is 3.33. The molecule has 0 saturated carbocycles. The van der Waals surface area contributed by atoms with E-state index in [1.54, 1.807) is 12.1 Å². The molecule has 2 rings (SSSR count). The minimum absolute atomic E-state index is 0.216. The maximum atomic E-state index is 13.3. The number of hydrogen-bond acceptors (Lipinski definition) is 2. The van der Waals surface area contributed by atoms with Gasteiger partial charge in [0.25, 0.3) is 0 Å². The first-order valence-electron chi connectivity index (χ1n) is 7.69. The van der Waals surface area contributed by atoms with Crippen molar-refractivity contribution in [2.45, 2.75) is 45.6 Å². The van der Waals surface area contributed by atoms with Crippen molar-refractivity contribution in [2.75, 3.05) is 13.1 Å². The molecule has 1 heterocycles. The first-order valence-corrected chi connectivity index (χ1v) is 7.69. The first-order chi connectivity index (χ1) is 9.97. The van der Waals surface area contributed by atoms with E-state index in [1.807, 2.05) is 13.0 Å². The average Bonchev–Trinajstić information content (AvgIpc) is 2.47. The van der Waals surface area contributed by atoms with E-state index < -0.39 is 11.4 Å². The second kappa shape index (κ2) is 6.56. The van der Waals surface area contributed by atoms with Crippen LogP contribution in [0.1, 0.15) is 38.7 Å². The van der Waals surface area contributed by atoms with Gasteiger partial charge in [0.05, 0.1) is 5.41 Å². The molecule has 0 radical (unpaired) electrons. The molecule has 0 spiro atoms. The summed E-state index contributed by atoms with van der Waals surface area (Å²) in [6, 6.07) is 6.87. The Morgan fingerprint density at radius 3 is 2.90 bits per heavy atom. The topological polar surface area (TPSA) is 40.5 Å². The second-order valence-corrected chi connectivity index (χ2v) is 6.20. The van der Waals surface area contributed by atoms with Crippen molar-refractivity contribution >= 4 is 5.97 Å². The molecule has 1 fully saturated rings. The molecule has 1 aliphatic rings. The van der Waals surface area contributed by atoms with Crippen LogP contribution in [-0.4, -0.2) is 35.1 Å². The van der Waals surface area contributed by atoms with Crippen molar-refractivity contribution in [1.82, 2.24) is 4.90 Å². The number of rotatable bonds is 5. The van der Waals surface area contributed by atoms with Crippen LogP contribution < -0.4 is 0 Å². The van der Waals surface area contributed by atoms with Gasteiger partial charge in [0.2, 0.25) is 0 Å². The van der Waals surface area contributed by atoms with E-state index in [4.69, 9.17) is 0 Å². The number of nitrogens with zero attached hydrogens (tertiary/aromatic N) is 1. The van der Waals surface area contributed by atoms with E-state index in [1.165, 1.54) is 6.07 Å². The highest BCUT2D eigenvalue weighted by Crippen LogP contribution is 2.34. The smallest absolute Gasteiger partial charge is 0.310 e. The maximum Gasteiger partial charge on any atom is 0.310 e. The number of halogens is 1. The van der Waals surface area contributed by atoms with Crippen LogP contribution in [0.25, 0.3) is 0 Å². The summed E-state index contributed by atoms with van der Waals surface area (Å²) >= 11 is 0. The zero-order chi connectivity index (χ0) is 15.5. The van der Waals surface area contributed by atoms with Gasteiger partial charge in [-0.25, -0.2) is 4.39 Å². The summed E-state index contributed by atoms with van der Waals surface area (Å²) in [5.74, 6) is -0.903. The van der Waals surface area contributed by atoms with Gasteiger partial charge in [-0.15, -0.1) is 0 Å². The van der Waals surface area contributed by atoms with Crippen molar-refractivity contribution < 1.29 is 14.3 Å². The molecule has 4 heteroatoms. The lowest BCUT2D eigenvalue weighted by molar-refractivity contribution is -0.153. The van der Waals surface area contributed by atoms with Crippen molar-refractivity contribution in [3.8, 4) is 0 Å². The molecule has 2 atom stereocenters. The number of carboxylic acid groups (broad SMARTS) is 1. The number of carbonyl (C=O) groups is 1. The highest BCUT2D eigenvalue weighted by Gasteiger charge is 2.41. The number of aliphatic carboxylic acids is 1. The fourth-order valence-corrected chi connectivity index (χ4v) is 3.29. The molecule has 1 saturated heterocycles. The summed E-state index contributed by atoms with van der Waals surface area (Å²) in [6.45, 7) is 5.56. The van der Waals surface area contributed by atoms with Crippen molar-refractivity contribution in [1.29, 1.82) is 0 Å². The molecule has 2 unspecified atom stereocenters. The molecule has 0 amide bonds. The van der Waals surface area contributed by atoms with E-state index in [0.29, 0.717) is 13.0 Å². The molecule has 116 valence electrons. The Hall–Kier alpha value is -1.42. The van der Waals surface area contributed by atoms with Crippen LogP contribution in [0.15, 0.2) is 24.3 Å². The van der Waals surface area contributed by atoms with Crippen molar-refractivity contribution in [3.05, 3.63) is 35.6 Å². The Kier molecular flexibility index (Phi) is 4.99. The third-order valence-electron chi connectivity index (χ3n) is 4.78. The summed E-state index contributed by atoms with van der Waals surface area (Å²) in [4.78, 5) is 13.8. The van der Waals surface area contributed by atoms with Gasteiger partial charge in [0, 0.05) is 12.6 Å². The molecule has 3 nitrogen and oxygen atoms in total. The zero-order valence-electron chi connectivity index (χ0n) is 12.8. The summed E-state index contributed by atoms with van der Waals surface area (Å²) in [6.07, 6.45) is 3.07. The monoisotopic (exact) mass is 293 g/mol. The minimum atomic E-state index is -0.687. The number of benzene rings is 1. The van der Waals surface area contributed by atoms with Crippen LogP contribution >= 0.6 is 0 Å². The average molecular weight is 293 g/mol. The van der Waals surface area contributed by atoms with Gasteiger partial charge in [0.15, 0.2) is 0 Å². The van der Waals surface area contributed by atoms with E-state index in [2.05, 4.69) is 11.8 Å². The molecular weight excluding hydrogens is 269 g/mol. The molecule has 1 aromatic rings. The molecule has 1 aliphatic heterocycles. The lowest BCUT2D eigenvalue weighted by Gasteiger charge is -2.42. The van der Waals surface area contributed by atoms with Gasteiger partial charge in [-0.1, -0.05) is 19.1 Å². The highest BCUT2D eigenvalue weighted by atomic mass is 19.1. The maximum absolute atomic E-state index is 13.3. The standard InChI is InChI=1S/C17H24FNO2/c1-3-17(16(20)21)8-5-9-19(12-17)13(2)10-14-6-4-7-15(18)11-14/h4,6-7,11,13H,3,5,8-10,12H2,1-2H3,(H,20,21). The van der Waals surface area contributed by atoms with E-state index in [9.17, 15) is 14.3 Å². The number of piperidine rings is 1. The van der Waals surface area contributed by atoms with Crippen LogP contribution in [0.3, 0.4) is 0 Å². The van der Waals surface area contributed by atoms with Crippen LogP contribution in [0.4, 0.5) is 4.39 Å². The van der Waals surface area contributed by atoms with Crippen LogP contribution in [-0.2, 0) is 11.2 Å². The summed E-state index contributed by atoms with van der Waals surface area (Å²) in [5, 5.41) is 9.54. The molecule has 0 aromatic heterocycles. The number of carboxylic acids is 1. The largest absolute Gasteiger partial charge is 0.481 e. The Labute approximate surface area is 125 Å². The van der Waals surface area contributed by atoms with E-state index in [-0.39, 0.29) is 11.9 Å². The fraction of sp³-hybridized carbons (Fsp3) is 0.588. The van der Waals surface area contributed by atoms with Gasteiger partial charge in [-0.2, -0.15) is 0 Å². The van der Waals surface area contributed by atoms with Crippen molar-refractivity contribution in [3.63, 3.8) is 0 Å². The first kappa shape index (κ1) is 16.0. The number of hydrogen-bond donors (Lipinski definition) is 1. The Morgan fingerprint density at radius 2 is 2.29 bits per heavy atom. The van der Waals surface area contributed by atoms with Crippen LogP contribution in [0, 0.1) is 11.2 Å². The lowest BCUT2D eigenvalue weighted by atomic mass is 9.77. The van der Waals surface area contributed by atoms with Gasteiger partial charge in [-0.05, 0) is 56.8 Å².